The molecule has 0 saturated heterocycles. The fourth-order valence-corrected chi connectivity index (χ4v) is 1.36. The zero-order valence-corrected chi connectivity index (χ0v) is 10.3. The zero-order chi connectivity index (χ0) is 12.3. The minimum Gasteiger partial charge on any atom is -0.383 e. The Morgan fingerprint density at radius 2 is 2.19 bits per heavy atom. The van der Waals surface area contributed by atoms with Crippen LogP contribution in [0.15, 0.2) is 6.20 Å². The van der Waals surface area contributed by atoms with Crippen molar-refractivity contribution >= 4 is 11.7 Å². The average molecular weight is 224 g/mol. The Morgan fingerprint density at radius 3 is 2.62 bits per heavy atom. The smallest absolute Gasteiger partial charge is 0.256 e. The number of carbonyl (C=O) groups is 1. The van der Waals surface area contributed by atoms with E-state index in [2.05, 4.69) is 10.4 Å². The summed E-state index contributed by atoms with van der Waals surface area (Å²) in [6.45, 7) is 7.92. The Kier molecular flexibility index (Phi) is 3.93. The van der Waals surface area contributed by atoms with Gasteiger partial charge in [-0.2, -0.15) is 5.10 Å². The first-order valence-electron chi connectivity index (χ1n) is 5.61. The predicted molar refractivity (Wildman–Crippen MR) is 64.2 cm³/mol. The van der Waals surface area contributed by atoms with E-state index in [0.717, 1.165) is 6.42 Å². The molecule has 0 saturated carbocycles. The lowest BCUT2D eigenvalue weighted by Gasteiger charge is -2.11. The quantitative estimate of drug-likeness (QED) is 0.815. The first-order chi connectivity index (χ1) is 7.47. The molecule has 0 fully saturated rings. The van der Waals surface area contributed by atoms with Gasteiger partial charge >= 0.3 is 0 Å². The van der Waals surface area contributed by atoms with E-state index in [1.54, 1.807) is 4.68 Å². The largest absolute Gasteiger partial charge is 0.383 e. The van der Waals surface area contributed by atoms with Crippen LogP contribution in [0.25, 0.3) is 0 Å². The second-order valence-electron chi connectivity index (χ2n) is 4.26. The molecule has 1 aromatic rings. The number of nitrogen functional groups attached to an aromatic ring is 1. The number of anilines is 1. The van der Waals surface area contributed by atoms with Crippen LogP contribution in [-0.4, -0.2) is 21.7 Å². The summed E-state index contributed by atoms with van der Waals surface area (Å²) in [6, 6.07) is 0.305. The topological polar surface area (TPSA) is 72.9 Å². The number of carbonyl (C=O) groups excluding carboxylic acids is 1. The van der Waals surface area contributed by atoms with E-state index in [4.69, 9.17) is 5.73 Å². The highest BCUT2D eigenvalue weighted by Crippen LogP contribution is 2.15. The SMILES string of the molecule is CCC(C)NC(=O)c1cnn(C(C)C)c1N. The van der Waals surface area contributed by atoms with Crippen LogP contribution < -0.4 is 11.1 Å². The first-order valence-corrected chi connectivity index (χ1v) is 5.61. The molecular formula is C11H20N4O. The number of amides is 1. The highest BCUT2D eigenvalue weighted by Gasteiger charge is 2.17. The highest BCUT2D eigenvalue weighted by molar-refractivity contribution is 5.98. The first kappa shape index (κ1) is 12.5. The van der Waals surface area contributed by atoms with E-state index < -0.39 is 0 Å². The van der Waals surface area contributed by atoms with E-state index in [9.17, 15) is 4.79 Å². The Hall–Kier alpha value is -1.52. The fourth-order valence-electron chi connectivity index (χ4n) is 1.36. The molecule has 1 unspecified atom stereocenters. The van der Waals surface area contributed by atoms with Crippen LogP contribution in [0.5, 0.6) is 0 Å². The second-order valence-corrected chi connectivity index (χ2v) is 4.26. The van der Waals surface area contributed by atoms with Gasteiger partial charge in [-0.1, -0.05) is 6.92 Å². The molecule has 0 aliphatic rings. The third-order valence-corrected chi connectivity index (χ3v) is 2.56. The summed E-state index contributed by atoms with van der Waals surface area (Å²) in [7, 11) is 0. The third kappa shape index (κ3) is 2.53. The maximum absolute atomic E-state index is 11.8. The second kappa shape index (κ2) is 5.01. The lowest BCUT2D eigenvalue weighted by molar-refractivity contribution is 0.0940. The van der Waals surface area contributed by atoms with Crippen LogP contribution in [-0.2, 0) is 0 Å². The molecule has 90 valence electrons. The molecule has 0 aliphatic heterocycles. The summed E-state index contributed by atoms with van der Waals surface area (Å²) in [5.74, 6) is 0.273. The number of rotatable bonds is 4. The molecule has 1 heterocycles. The molecule has 0 spiro atoms. The molecule has 0 aromatic carbocycles. The molecule has 16 heavy (non-hydrogen) atoms. The van der Waals surface area contributed by atoms with Gasteiger partial charge < -0.3 is 11.1 Å². The standard InChI is InChI=1S/C11H20N4O/c1-5-8(4)14-11(16)9-6-13-15(7(2)3)10(9)12/h6-8H,5,12H2,1-4H3,(H,14,16). The molecule has 5 nitrogen and oxygen atoms in total. The highest BCUT2D eigenvalue weighted by atomic mass is 16.1. The summed E-state index contributed by atoms with van der Waals surface area (Å²) in [4.78, 5) is 11.8. The van der Waals surface area contributed by atoms with Gasteiger partial charge in [0.1, 0.15) is 11.4 Å². The molecule has 0 bridgehead atoms. The minimum atomic E-state index is -0.154. The monoisotopic (exact) mass is 224 g/mol. The summed E-state index contributed by atoms with van der Waals surface area (Å²) >= 11 is 0. The molecule has 0 aliphatic carbocycles. The number of nitrogens with two attached hydrogens (primary N) is 1. The molecule has 5 heteroatoms. The fraction of sp³-hybridized carbons (Fsp3) is 0.636. The third-order valence-electron chi connectivity index (χ3n) is 2.56. The van der Waals surface area contributed by atoms with Gasteiger partial charge in [0.05, 0.1) is 6.20 Å². The maximum Gasteiger partial charge on any atom is 0.256 e. The van der Waals surface area contributed by atoms with Crippen LogP contribution in [0.1, 0.15) is 50.5 Å². The van der Waals surface area contributed by atoms with Crippen LogP contribution >= 0.6 is 0 Å². The number of nitrogens with zero attached hydrogens (tertiary/aromatic N) is 2. The maximum atomic E-state index is 11.8. The normalized spacial score (nSPS) is 12.8. The van der Waals surface area contributed by atoms with Crippen molar-refractivity contribution in [3.63, 3.8) is 0 Å². The van der Waals surface area contributed by atoms with Gasteiger partial charge in [0.25, 0.3) is 5.91 Å². The van der Waals surface area contributed by atoms with Gasteiger partial charge in [-0.3, -0.25) is 4.79 Å². The zero-order valence-electron chi connectivity index (χ0n) is 10.3. The molecule has 1 amide bonds. The van der Waals surface area contributed by atoms with Gasteiger partial charge in [0.15, 0.2) is 0 Å². The molecule has 0 radical (unpaired) electrons. The summed E-state index contributed by atoms with van der Waals surface area (Å²) in [5, 5.41) is 6.97. The summed E-state index contributed by atoms with van der Waals surface area (Å²) in [6.07, 6.45) is 2.41. The van der Waals surface area contributed by atoms with Gasteiger partial charge in [-0.25, -0.2) is 4.68 Å². The van der Waals surface area contributed by atoms with Crippen LogP contribution in [0.4, 0.5) is 5.82 Å². The number of aromatic nitrogens is 2. The lowest BCUT2D eigenvalue weighted by Crippen LogP contribution is -2.32. The van der Waals surface area contributed by atoms with Crippen molar-refractivity contribution in [2.45, 2.75) is 46.2 Å². The number of nitrogens with one attached hydrogen (secondary N) is 1. The van der Waals surface area contributed by atoms with Crippen molar-refractivity contribution < 1.29 is 4.79 Å². The van der Waals surface area contributed by atoms with Crippen molar-refractivity contribution in [3.05, 3.63) is 11.8 Å². The molecule has 1 aromatic heterocycles. The van der Waals surface area contributed by atoms with E-state index in [1.165, 1.54) is 6.20 Å². The molecular weight excluding hydrogens is 204 g/mol. The lowest BCUT2D eigenvalue weighted by atomic mass is 10.2. The van der Waals surface area contributed by atoms with Crippen molar-refractivity contribution in [2.24, 2.45) is 0 Å². The number of hydrogen-bond acceptors (Lipinski definition) is 3. The molecule has 3 N–H and O–H groups in total. The Bertz CT molecular complexity index is 370. The van der Waals surface area contributed by atoms with Crippen LogP contribution in [0, 0.1) is 0 Å². The van der Waals surface area contributed by atoms with Crippen molar-refractivity contribution in [1.82, 2.24) is 15.1 Å². The van der Waals surface area contributed by atoms with Crippen molar-refractivity contribution in [2.75, 3.05) is 5.73 Å². The van der Waals surface area contributed by atoms with E-state index in [0.29, 0.717) is 11.4 Å². The Morgan fingerprint density at radius 1 is 1.56 bits per heavy atom. The summed E-state index contributed by atoms with van der Waals surface area (Å²) in [5.41, 5.74) is 6.31. The molecule has 1 rings (SSSR count). The average Bonchev–Trinajstić information content (AvgIpc) is 2.59. The van der Waals surface area contributed by atoms with E-state index >= 15 is 0 Å². The number of hydrogen-bond donors (Lipinski definition) is 2. The van der Waals surface area contributed by atoms with Crippen molar-refractivity contribution in [1.29, 1.82) is 0 Å². The predicted octanol–water partition coefficient (Wildman–Crippen LogP) is 1.57. The molecule has 1 atom stereocenters. The van der Waals surface area contributed by atoms with Crippen LogP contribution in [0.2, 0.25) is 0 Å². The van der Waals surface area contributed by atoms with E-state index in [1.807, 2.05) is 27.7 Å². The summed E-state index contributed by atoms with van der Waals surface area (Å²) < 4.78 is 1.64. The van der Waals surface area contributed by atoms with Crippen molar-refractivity contribution in [3.8, 4) is 0 Å². The minimum absolute atomic E-state index is 0.147. The van der Waals surface area contributed by atoms with Gasteiger partial charge in [0.2, 0.25) is 0 Å². The Balaban J connectivity index is 2.85. The van der Waals surface area contributed by atoms with Crippen LogP contribution in [0.3, 0.4) is 0 Å². The van der Waals surface area contributed by atoms with Gasteiger partial charge in [-0.05, 0) is 27.2 Å². The van der Waals surface area contributed by atoms with Gasteiger partial charge in [-0.15, -0.1) is 0 Å². The van der Waals surface area contributed by atoms with Gasteiger partial charge in [0, 0.05) is 12.1 Å². The Labute approximate surface area is 96.0 Å². The van der Waals surface area contributed by atoms with E-state index in [-0.39, 0.29) is 18.0 Å².